The molecule has 0 aromatic heterocycles. The van der Waals surface area contributed by atoms with Crippen LogP contribution in [0.1, 0.15) is 41.0 Å². The minimum atomic E-state index is -0.729. The Labute approximate surface area is 86.9 Å². The third kappa shape index (κ3) is 8.05. The van der Waals surface area contributed by atoms with Crippen molar-refractivity contribution in [2.45, 2.75) is 41.0 Å². The summed E-state index contributed by atoms with van der Waals surface area (Å²) < 4.78 is 0. The largest absolute Gasteiger partial charge is 0.481 e. The molecule has 0 radical (unpaired) electrons. The van der Waals surface area contributed by atoms with Crippen LogP contribution >= 0.6 is 0 Å². The minimum Gasteiger partial charge on any atom is -0.481 e. The summed E-state index contributed by atoms with van der Waals surface area (Å²) in [7, 11) is 0. The van der Waals surface area contributed by atoms with Gasteiger partial charge in [0.25, 0.3) is 0 Å². The summed E-state index contributed by atoms with van der Waals surface area (Å²) in [5, 5.41) is 12.0. The van der Waals surface area contributed by atoms with Crippen molar-refractivity contribution in [1.82, 2.24) is 5.32 Å². The quantitative estimate of drug-likeness (QED) is 0.716. The molecule has 3 heteroatoms. The van der Waals surface area contributed by atoms with E-state index in [-0.39, 0.29) is 17.3 Å². The first-order chi connectivity index (χ1) is 6.12. The lowest BCUT2D eigenvalue weighted by molar-refractivity contribution is -0.139. The lowest BCUT2D eigenvalue weighted by Crippen LogP contribution is -2.36. The first-order valence-corrected chi connectivity index (χ1v) is 5.05. The van der Waals surface area contributed by atoms with Crippen LogP contribution in [-0.2, 0) is 4.79 Å². The Morgan fingerprint density at radius 3 is 2.00 bits per heavy atom. The van der Waals surface area contributed by atoms with E-state index in [1.807, 2.05) is 13.8 Å². The predicted molar refractivity (Wildman–Crippen MR) is 58.4 cm³/mol. The molecule has 0 amide bonds. The number of aliphatic carboxylic acids is 1. The van der Waals surface area contributed by atoms with Gasteiger partial charge in [0.05, 0.1) is 6.42 Å². The van der Waals surface area contributed by atoms with Crippen LogP contribution < -0.4 is 5.32 Å². The maximum Gasteiger partial charge on any atom is 0.303 e. The second-order valence-corrected chi connectivity index (χ2v) is 5.90. The Morgan fingerprint density at radius 1 is 1.14 bits per heavy atom. The van der Waals surface area contributed by atoms with Gasteiger partial charge in [-0.3, -0.25) is 4.79 Å². The van der Waals surface area contributed by atoms with E-state index >= 15 is 0 Å². The molecule has 3 nitrogen and oxygen atoms in total. The number of carboxylic acids is 1. The summed E-state index contributed by atoms with van der Waals surface area (Å²) >= 11 is 0. The van der Waals surface area contributed by atoms with Gasteiger partial charge >= 0.3 is 5.97 Å². The normalized spacial score (nSPS) is 12.9. The highest BCUT2D eigenvalue weighted by Gasteiger charge is 2.22. The highest BCUT2D eigenvalue weighted by Crippen LogP contribution is 2.19. The van der Waals surface area contributed by atoms with Gasteiger partial charge in [-0.15, -0.1) is 0 Å². The number of carbonyl (C=O) groups is 1. The molecule has 0 aliphatic heterocycles. The standard InChI is InChI=1S/C11H23NO2/c1-10(2,3)7-12-8-11(4,5)6-9(13)14/h12H,6-8H2,1-5H3,(H,13,14). The van der Waals surface area contributed by atoms with E-state index in [4.69, 9.17) is 5.11 Å². The summed E-state index contributed by atoms with van der Waals surface area (Å²) in [4.78, 5) is 10.5. The van der Waals surface area contributed by atoms with Crippen molar-refractivity contribution >= 4 is 5.97 Å². The van der Waals surface area contributed by atoms with Crippen LogP contribution in [0.15, 0.2) is 0 Å². The third-order valence-electron chi connectivity index (χ3n) is 1.89. The van der Waals surface area contributed by atoms with E-state index in [0.717, 1.165) is 13.1 Å². The predicted octanol–water partition coefficient (Wildman–Crippen LogP) is 2.12. The molecule has 0 aliphatic rings. The van der Waals surface area contributed by atoms with Crippen molar-refractivity contribution < 1.29 is 9.90 Å². The van der Waals surface area contributed by atoms with Crippen LogP contribution in [0.25, 0.3) is 0 Å². The Bertz CT molecular complexity index is 192. The smallest absolute Gasteiger partial charge is 0.303 e. The van der Waals surface area contributed by atoms with Gasteiger partial charge in [0.15, 0.2) is 0 Å². The zero-order chi connectivity index (χ0) is 11.4. The molecule has 0 bridgehead atoms. The summed E-state index contributed by atoms with van der Waals surface area (Å²) in [5.74, 6) is -0.729. The number of carboxylic acid groups (broad SMARTS) is 1. The van der Waals surface area contributed by atoms with Crippen LogP contribution in [-0.4, -0.2) is 24.2 Å². The SMILES string of the molecule is CC(C)(C)CNCC(C)(C)CC(=O)O. The molecule has 0 aromatic rings. The highest BCUT2D eigenvalue weighted by molar-refractivity contribution is 5.67. The average Bonchev–Trinajstić information content (AvgIpc) is 1.78. The summed E-state index contributed by atoms with van der Waals surface area (Å²) in [6.45, 7) is 12.1. The molecule has 84 valence electrons. The fraction of sp³-hybridized carbons (Fsp3) is 0.909. The van der Waals surface area contributed by atoms with E-state index < -0.39 is 5.97 Å². The zero-order valence-electron chi connectivity index (χ0n) is 9.98. The second-order valence-electron chi connectivity index (χ2n) is 5.90. The molecule has 0 saturated heterocycles. The lowest BCUT2D eigenvalue weighted by atomic mass is 9.88. The maximum absolute atomic E-state index is 10.5. The third-order valence-corrected chi connectivity index (χ3v) is 1.89. The van der Waals surface area contributed by atoms with Crippen LogP contribution in [0.3, 0.4) is 0 Å². The fourth-order valence-electron chi connectivity index (χ4n) is 1.25. The summed E-state index contributed by atoms with van der Waals surface area (Å²) in [6, 6.07) is 0. The fourth-order valence-corrected chi connectivity index (χ4v) is 1.25. The topological polar surface area (TPSA) is 49.3 Å². The molecule has 0 saturated carbocycles. The Hall–Kier alpha value is -0.570. The zero-order valence-corrected chi connectivity index (χ0v) is 9.98. The van der Waals surface area contributed by atoms with E-state index in [2.05, 4.69) is 26.1 Å². The Morgan fingerprint density at radius 2 is 1.64 bits per heavy atom. The maximum atomic E-state index is 10.5. The number of hydrogen-bond donors (Lipinski definition) is 2. The molecule has 0 heterocycles. The molecule has 0 unspecified atom stereocenters. The van der Waals surface area contributed by atoms with E-state index in [1.54, 1.807) is 0 Å². The molecule has 0 aliphatic carbocycles. The number of hydrogen-bond acceptors (Lipinski definition) is 2. The highest BCUT2D eigenvalue weighted by atomic mass is 16.4. The van der Waals surface area contributed by atoms with Gasteiger partial charge in [0.1, 0.15) is 0 Å². The molecule has 0 atom stereocenters. The molecular weight excluding hydrogens is 178 g/mol. The van der Waals surface area contributed by atoms with Crippen molar-refractivity contribution in [1.29, 1.82) is 0 Å². The van der Waals surface area contributed by atoms with Crippen LogP contribution in [0.4, 0.5) is 0 Å². The lowest BCUT2D eigenvalue weighted by Gasteiger charge is -2.26. The van der Waals surface area contributed by atoms with Gasteiger partial charge < -0.3 is 10.4 Å². The van der Waals surface area contributed by atoms with Gasteiger partial charge in [0, 0.05) is 13.1 Å². The Balaban J connectivity index is 3.82. The van der Waals surface area contributed by atoms with Crippen molar-refractivity contribution in [3.8, 4) is 0 Å². The van der Waals surface area contributed by atoms with Crippen molar-refractivity contribution in [2.75, 3.05) is 13.1 Å². The van der Waals surface area contributed by atoms with Gasteiger partial charge in [-0.1, -0.05) is 34.6 Å². The molecule has 0 aromatic carbocycles. The monoisotopic (exact) mass is 201 g/mol. The van der Waals surface area contributed by atoms with Crippen molar-refractivity contribution in [3.05, 3.63) is 0 Å². The van der Waals surface area contributed by atoms with Crippen molar-refractivity contribution in [2.24, 2.45) is 10.8 Å². The van der Waals surface area contributed by atoms with E-state index in [1.165, 1.54) is 0 Å². The van der Waals surface area contributed by atoms with Gasteiger partial charge in [-0.25, -0.2) is 0 Å². The first-order valence-electron chi connectivity index (χ1n) is 5.05. The molecular formula is C11H23NO2. The van der Waals surface area contributed by atoms with Gasteiger partial charge in [-0.2, -0.15) is 0 Å². The second kappa shape index (κ2) is 4.78. The van der Waals surface area contributed by atoms with Gasteiger partial charge in [0.2, 0.25) is 0 Å². The summed E-state index contributed by atoms with van der Waals surface area (Å²) in [6.07, 6.45) is 0.212. The number of nitrogens with one attached hydrogen (secondary N) is 1. The summed E-state index contributed by atoms with van der Waals surface area (Å²) in [5.41, 5.74) is 0.0797. The number of rotatable bonds is 5. The molecule has 0 rings (SSSR count). The molecule has 0 fully saturated rings. The Kier molecular flexibility index (Phi) is 4.59. The van der Waals surface area contributed by atoms with Crippen LogP contribution in [0.5, 0.6) is 0 Å². The molecule has 14 heavy (non-hydrogen) atoms. The average molecular weight is 201 g/mol. The van der Waals surface area contributed by atoms with Gasteiger partial charge in [-0.05, 0) is 10.8 Å². The van der Waals surface area contributed by atoms with Crippen molar-refractivity contribution in [3.63, 3.8) is 0 Å². The van der Waals surface area contributed by atoms with Crippen LogP contribution in [0.2, 0.25) is 0 Å². The molecule has 0 spiro atoms. The van der Waals surface area contributed by atoms with E-state index in [0.29, 0.717) is 0 Å². The van der Waals surface area contributed by atoms with Crippen LogP contribution in [0, 0.1) is 10.8 Å². The van der Waals surface area contributed by atoms with E-state index in [9.17, 15) is 4.79 Å². The molecule has 2 N–H and O–H groups in total. The first kappa shape index (κ1) is 13.4. The minimum absolute atomic E-state index is 0.170.